The van der Waals surface area contributed by atoms with Crippen LogP contribution in [0.25, 0.3) is 0 Å². The number of hydrogen-bond donors (Lipinski definition) is 2. The first-order valence-corrected chi connectivity index (χ1v) is 10.2. The molecule has 1 aromatic heterocycles. The number of rotatable bonds is 8. The molecule has 7 nitrogen and oxygen atoms in total. The molecule has 1 heterocycles. The van der Waals surface area contributed by atoms with Crippen molar-refractivity contribution in [3.05, 3.63) is 40.8 Å². The van der Waals surface area contributed by atoms with Gasteiger partial charge >= 0.3 is 0 Å². The molecule has 0 aliphatic rings. The number of aromatic nitrogens is 1. The zero-order valence-corrected chi connectivity index (χ0v) is 15.3. The largest absolute Gasteiger partial charge is 0.356 e. The maximum atomic E-state index is 12.3. The Kier molecular flexibility index (Phi) is 6.65. The normalized spacial score (nSPS) is 11.1. The number of thiazole rings is 1. The molecule has 0 atom stereocenters. The highest BCUT2D eigenvalue weighted by atomic mass is 32.2. The molecule has 0 bridgehead atoms. The average molecular weight is 381 g/mol. The molecule has 0 saturated heterocycles. The van der Waals surface area contributed by atoms with E-state index in [2.05, 4.69) is 15.6 Å². The van der Waals surface area contributed by atoms with Crippen LogP contribution >= 0.6 is 11.3 Å². The maximum Gasteiger partial charge on any atom is 0.221 e. The Balaban J connectivity index is 1.81. The number of sulfone groups is 1. The van der Waals surface area contributed by atoms with Crippen LogP contribution in [0.1, 0.15) is 19.0 Å². The third-order valence-electron chi connectivity index (χ3n) is 3.32. The minimum atomic E-state index is -3.55. The van der Waals surface area contributed by atoms with E-state index < -0.39 is 9.84 Å². The Morgan fingerprint density at radius 2 is 1.92 bits per heavy atom. The number of amides is 2. The molecule has 0 fully saturated rings. The van der Waals surface area contributed by atoms with Crippen molar-refractivity contribution in [1.82, 2.24) is 10.3 Å². The van der Waals surface area contributed by atoms with E-state index in [4.69, 9.17) is 0 Å². The molecule has 134 valence electrons. The number of hydrogen-bond acceptors (Lipinski definition) is 6. The Hall–Kier alpha value is -2.26. The molecule has 0 spiro atoms. The molecule has 2 N–H and O–H groups in total. The van der Waals surface area contributed by atoms with Crippen LogP contribution in [0, 0.1) is 0 Å². The number of carbonyl (C=O) groups is 2. The van der Waals surface area contributed by atoms with Crippen LogP contribution in [-0.2, 0) is 25.8 Å². The first-order valence-electron chi connectivity index (χ1n) is 7.61. The van der Waals surface area contributed by atoms with Crippen molar-refractivity contribution < 1.29 is 18.0 Å². The summed E-state index contributed by atoms with van der Waals surface area (Å²) in [5.74, 6) is -0.812. The predicted molar refractivity (Wildman–Crippen MR) is 96.2 cm³/mol. The van der Waals surface area contributed by atoms with E-state index in [9.17, 15) is 18.0 Å². The Morgan fingerprint density at radius 1 is 1.20 bits per heavy atom. The third-order valence-corrected chi connectivity index (χ3v) is 5.69. The second-order valence-corrected chi connectivity index (χ2v) is 8.18. The molecule has 0 saturated carbocycles. The number of carbonyl (C=O) groups excluding carboxylic acids is 2. The molecule has 1 aromatic carbocycles. The van der Waals surface area contributed by atoms with Crippen molar-refractivity contribution in [1.29, 1.82) is 0 Å². The minimum Gasteiger partial charge on any atom is -0.356 e. The molecule has 2 amide bonds. The smallest absolute Gasteiger partial charge is 0.221 e. The fourth-order valence-corrected chi connectivity index (χ4v) is 3.91. The molecule has 2 rings (SSSR count). The number of nitrogens with zero attached hydrogens (tertiary/aromatic N) is 1. The Morgan fingerprint density at radius 3 is 2.52 bits per heavy atom. The highest BCUT2D eigenvalue weighted by Crippen LogP contribution is 2.16. The zero-order chi connectivity index (χ0) is 18.3. The summed E-state index contributed by atoms with van der Waals surface area (Å²) >= 11 is 1.49. The molecule has 0 aliphatic heterocycles. The topological polar surface area (TPSA) is 105 Å². The summed E-state index contributed by atoms with van der Waals surface area (Å²) in [5, 5.41) is 7.16. The van der Waals surface area contributed by atoms with Crippen molar-refractivity contribution in [2.24, 2.45) is 0 Å². The van der Waals surface area contributed by atoms with Crippen LogP contribution in [0.3, 0.4) is 0 Å². The highest BCUT2D eigenvalue weighted by Gasteiger charge is 2.16. The van der Waals surface area contributed by atoms with Crippen LogP contribution in [0.4, 0.5) is 5.69 Å². The monoisotopic (exact) mass is 381 g/mol. The van der Waals surface area contributed by atoms with Crippen LogP contribution in [0.5, 0.6) is 0 Å². The summed E-state index contributed by atoms with van der Waals surface area (Å²) in [4.78, 5) is 27.0. The molecule has 25 heavy (non-hydrogen) atoms. The van der Waals surface area contributed by atoms with Gasteiger partial charge in [-0.05, 0) is 24.3 Å². The summed E-state index contributed by atoms with van der Waals surface area (Å²) in [7, 11) is -3.55. The standard InChI is InChI=1S/C16H19N3O4S2/c1-12(20)19-13-2-4-15(5-3-13)25(22,23)9-7-16(21)17-8-6-14-10-24-11-18-14/h2-5,10-11H,6-9H2,1H3,(H,17,21)(H,19,20). The highest BCUT2D eigenvalue weighted by molar-refractivity contribution is 7.91. The van der Waals surface area contributed by atoms with E-state index in [-0.39, 0.29) is 28.9 Å². The molecule has 9 heteroatoms. The van der Waals surface area contributed by atoms with Gasteiger partial charge in [-0.3, -0.25) is 9.59 Å². The Bertz CT molecular complexity index is 816. The molecule has 0 unspecified atom stereocenters. The SMILES string of the molecule is CC(=O)Nc1ccc(S(=O)(=O)CCC(=O)NCCc2cscn2)cc1. The lowest BCUT2D eigenvalue weighted by Crippen LogP contribution is -2.27. The van der Waals surface area contributed by atoms with Gasteiger partial charge in [0, 0.05) is 37.4 Å². The number of nitrogens with one attached hydrogen (secondary N) is 2. The number of anilines is 1. The predicted octanol–water partition coefficient (Wildman–Crippen LogP) is 1.62. The fraction of sp³-hybridized carbons (Fsp3) is 0.312. The minimum absolute atomic E-state index is 0.104. The third kappa shape index (κ3) is 6.28. The first kappa shape index (κ1) is 19.1. The average Bonchev–Trinajstić information content (AvgIpc) is 3.06. The Labute approximate surface area is 150 Å². The fourth-order valence-electron chi connectivity index (χ4n) is 2.07. The molecule has 0 aliphatic carbocycles. The van der Waals surface area contributed by atoms with E-state index in [1.807, 2.05) is 5.38 Å². The molecular weight excluding hydrogens is 362 g/mol. The molecule has 2 aromatic rings. The van der Waals surface area contributed by atoms with E-state index in [0.717, 1.165) is 5.69 Å². The van der Waals surface area contributed by atoms with E-state index in [1.54, 1.807) is 5.51 Å². The summed E-state index contributed by atoms with van der Waals surface area (Å²) in [6.45, 7) is 1.80. The lowest BCUT2D eigenvalue weighted by atomic mass is 10.3. The van der Waals surface area contributed by atoms with Gasteiger partial charge in [0.15, 0.2) is 9.84 Å². The van der Waals surface area contributed by atoms with Gasteiger partial charge < -0.3 is 10.6 Å². The first-order chi connectivity index (χ1) is 11.9. The van der Waals surface area contributed by atoms with Gasteiger partial charge in [-0.15, -0.1) is 11.3 Å². The van der Waals surface area contributed by atoms with Crippen molar-refractivity contribution in [3.63, 3.8) is 0 Å². The summed E-state index contributed by atoms with van der Waals surface area (Å²) in [6.07, 6.45) is 0.513. The van der Waals surface area contributed by atoms with Gasteiger partial charge in [-0.2, -0.15) is 0 Å². The van der Waals surface area contributed by atoms with Gasteiger partial charge in [-0.1, -0.05) is 0 Å². The van der Waals surface area contributed by atoms with E-state index in [1.165, 1.54) is 42.5 Å². The lowest BCUT2D eigenvalue weighted by molar-refractivity contribution is -0.120. The van der Waals surface area contributed by atoms with Crippen LogP contribution in [0.2, 0.25) is 0 Å². The summed E-state index contributed by atoms with van der Waals surface area (Å²) in [5.41, 5.74) is 3.14. The maximum absolute atomic E-state index is 12.3. The second kappa shape index (κ2) is 8.72. The van der Waals surface area contributed by atoms with Gasteiger partial charge in [0.1, 0.15) is 0 Å². The van der Waals surface area contributed by atoms with Gasteiger partial charge in [-0.25, -0.2) is 13.4 Å². The van der Waals surface area contributed by atoms with Crippen molar-refractivity contribution >= 4 is 38.7 Å². The summed E-state index contributed by atoms with van der Waals surface area (Å²) < 4.78 is 24.5. The lowest BCUT2D eigenvalue weighted by Gasteiger charge is -2.07. The zero-order valence-electron chi connectivity index (χ0n) is 13.7. The van der Waals surface area contributed by atoms with Crippen LogP contribution < -0.4 is 10.6 Å². The molecule has 0 radical (unpaired) electrons. The van der Waals surface area contributed by atoms with Crippen LogP contribution in [0.15, 0.2) is 40.1 Å². The van der Waals surface area contributed by atoms with Gasteiger partial charge in [0.05, 0.1) is 21.9 Å². The summed E-state index contributed by atoms with van der Waals surface area (Å²) in [6, 6.07) is 5.87. The van der Waals surface area contributed by atoms with E-state index >= 15 is 0 Å². The number of benzene rings is 1. The van der Waals surface area contributed by atoms with Crippen molar-refractivity contribution in [2.45, 2.75) is 24.7 Å². The van der Waals surface area contributed by atoms with Gasteiger partial charge in [0.2, 0.25) is 11.8 Å². The van der Waals surface area contributed by atoms with Crippen LogP contribution in [-0.4, -0.2) is 37.5 Å². The second-order valence-electron chi connectivity index (χ2n) is 5.35. The van der Waals surface area contributed by atoms with Gasteiger partial charge in [0.25, 0.3) is 0 Å². The quantitative estimate of drug-likeness (QED) is 0.723. The van der Waals surface area contributed by atoms with Crippen molar-refractivity contribution in [3.8, 4) is 0 Å². The van der Waals surface area contributed by atoms with Crippen molar-refractivity contribution in [2.75, 3.05) is 17.6 Å². The van der Waals surface area contributed by atoms with E-state index in [0.29, 0.717) is 18.7 Å². The molecular formula is C16H19N3O4S2.